The number of hydrogen-bond donors (Lipinski definition) is 0. The fraction of sp³-hybridized carbons (Fsp3) is 0.750. The molecule has 0 saturated heterocycles. The molecule has 0 aromatic carbocycles. The maximum atomic E-state index is 10.8. The summed E-state index contributed by atoms with van der Waals surface area (Å²) < 4.78 is 4.38. The SMILES string of the molecule is CO[I-]C(=O)N(OC)OC. The zero-order valence-electron chi connectivity index (χ0n) is 5.96. The van der Waals surface area contributed by atoms with Gasteiger partial charge in [-0.15, -0.1) is 0 Å². The number of rotatable bonds is 4. The van der Waals surface area contributed by atoms with Gasteiger partial charge in [0.25, 0.3) is 0 Å². The minimum absolute atomic E-state index is 0.272. The van der Waals surface area contributed by atoms with Gasteiger partial charge in [-0.1, -0.05) is 0 Å². The van der Waals surface area contributed by atoms with E-state index in [0.717, 1.165) is 5.23 Å². The molecule has 0 radical (unpaired) electrons. The van der Waals surface area contributed by atoms with E-state index in [-0.39, 0.29) is 3.91 Å². The molecule has 10 heavy (non-hydrogen) atoms. The van der Waals surface area contributed by atoms with Crippen molar-refractivity contribution < 1.29 is 39.2 Å². The zero-order chi connectivity index (χ0) is 7.98. The second-order valence-electron chi connectivity index (χ2n) is 1.11. The summed E-state index contributed by atoms with van der Waals surface area (Å²) in [6, 6.07) is 0. The summed E-state index contributed by atoms with van der Waals surface area (Å²) in [7, 11) is 4.16. The minimum atomic E-state index is -0.951. The van der Waals surface area contributed by atoms with Gasteiger partial charge >= 0.3 is 69.6 Å². The number of carbonyl (C=O) groups is 1. The fourth-order valence-electron chi connectivity index (χ4n) is 0.312. The van der Waals surface area contributed by atoms with Gasteiger partial charge in [0.1, 0.15) is 0 Å². The first-order chi connectivity index (χ1) is 4.76. The zero-order valence-corrected chi connectivity index (χ0v) is 8.12. The van der Waals surface area contributed by atoms with Crippen molar-refractivity contribution in [2.45, 2.75) is 0 Å². The number of halogens is 1. The molecule has 0 aromatic heterocycles. The van der Waals surface area contributed by atoms with E-state index in [0.29, 0.717) is 0 Å². The molecule has 0 spiro atoms. The standard InChI is InChI=1S/C4H9INO4/c1-8-5-4(7)6(9-2)10-3/h1-3H3/q-1. The van der Waals surface area contributed by atoms with E-state index in [2.05, 4.69) is 12.7 Å². The van der Waals surface area contributed by atoms with Gasteiger partial charge in [-0.05, 0) is 0 Å². The van der Waals surface area contributed by atoms with E-state index in [9.17, 15) is 4.79 Å². The number of hydrogen-bond acceptors (Lipinski definition) is 4. The number of carbonyl (C=O) groups excluding carboxylic acids is 1. The van der Waals surface area contributed by atoms with Crippen LogP contribution in [0.4, 0.5) is 4.79 Å². The van der Waals surface area contributed by atoms with Crippen LogP contribution in [0.2, 0.25) is 0 Å². The Bertz CT molecular complexity index is 105. The quantitative estimate of drug-likeness (QED) is 0.237. The van der Waals surface area contributed by atoms with Crippen molar-refractivity contribution in [3.05, 3.63) is 0 Å². The average Bonchev–Trinajstić information content (AvgIpc) is 1.91. The Morgan fingerprint density at radius 1 is 1.30 bits per heavy atom. The molecule has 0 saturated carbocycles. The van der Waals surface area contributed by atoms with Crippen molar-refractivity contribution >= 4 is 3.91 Å². The molecule has 0 heterocycles. The van der Waals surface area contributed by atoms with Crippen molar-refractivity contribution in [1.29, 1.82) is 0 Å². The molecule has 6 heteroatoms. The molecule has 1 amide bonds. The maximum absolute atomic E-state index is 10.8. The van der Waals surface area contributed by atoms with Crippen LogP contribution in [0.15, 0.2) is 0 Å². The molecular formula is C4H9INO4-. The third-order valence-corrected chi connectivity index (χ3v) is 1.83. The summed E-state index contributed by atoms with van der Waals surface area (Å²) >= 11 is -0.951. The molecule has 0 atom stereocenters. The Kier molecular flexibility index (Phi) is 5.88. The van der Waals surface area contributed by atoms with Crippen molar-refractivity contribution in [3.63, 3.8) is 0 Å². The van der Waals surface area contributed by atoms with Crippen molar-refractivity contribution in [1.82, 2.24) is 5.23 Å². The van der Waals surface area contributed by atoms with Crippen LogP contribution in [0.25, 0.3) is 0 Å². The van der Waals surface area contributed by atoms with Gasteiger partial charge in [0.2, 0.25) is 0 Å². The summed E-state index contributed by atoms with van der Waals surface area (Å²) in [5, 5.41) is 0.788. The van der Waals surface area contributed by atoms with Crippen LogP contribution in [0, 0.1) is 0 Å². The Labute approximate surface area is 69.9 Å². The molecule has 0 aliphatic carbocycles. The summed E-state index contributed by atoms with van der Waals surface area (Å²) in [5.41, 5.74) is 0. The third kappa shape index (κ3) is 3.30. The van der Waals surface area contributed by atoms with Crippen LogP contribution in [-0.2, 0) is 12.7 Å². The van der Waals surface area contributed by atoms with E-state index in [1.807, 2.05) is 0 Å². The van der Waals surface area contributed by atoms with E-state index in [1.54, 1.807) is 0 Å². The van der Waals surface area contributed by atoms with Gasteiger partial charge in [0.05, 0.1) is 0 Å². The van der Waals surface area contributed by atoms with E-state index in [1.165, 1.54) is 21.3 Å². The summed E-state index contributed by atoms with van der Waals surface area (Å²) in [6.07, 6.45) is 0. The number of nitrogens with zero attached hydrogens (tertiary/aromatic N) is 1. The van der Waals surface area contributed by atoms with E-state index >= 15 is 0 Å². The molecule has 0 fully saturated rings. The molecule has 0 aliphatic heterocycles. The Balaban J connectivity index is 3.65. The number of hydroxylamine groups is 2. The summed E-state index contributed by atoms with van der Waals surface area (Å²) in [6.45, 7) is 0. The summed E-state index contributed by atoms with van der Waals surface area (Å²) in [5.74, 6) is 0. The first-order valence-corrected chi connectivity index (χ1v) is 4.32. The second kappa shape index (κ2) is 5.83. The van der Waals surface area contributed by atoms with Crippen molar-refractivity contribution in [3.8, 4) is 0 Å². The normalized spacial score (nSPS) is 9.90. The average molecular weight is 262 g/mol. The predicted molar refractivity (Wildman–Crippen MR) is 28.3 cm³/mol. The molecule has 0 N–H and O–H groups in total. The predicted octanol–water partition coefficient (Wildman–Crippen LogP) is -2.82. The molecule has 0 aromatic rings. The third-order valence-electron chi connectivity index (χ3n) is 0.618. The van der Waals surface area contributed by atoms with Crippen LogP contribution in [0.1, 0.15) is 0 Å². The molecule has 62 valence electrons. The van der Waals surface area contributed by atoms with E-state index in [4.69, 9.17) is 0 Å². The van der Waals surface area contributed by atoms with Gasteiger partial charge in [0, 0.05) is 0 Å². The van der Waals surface area contributed by atoms with Crippen molar-refractivity contribution in [2.75, 3.05) is 21.3 Å². The topological polar surface area (TPSA) is 48.0 Å². The Hall–Kier alpha value is 0.0800. The van der Waals surface area contributed by atoms with Gasteiger partial charge in [-0.25, -0.2) is 0 Å². The van der Waals surface area contributed by atoms with Crippen LogP contribution < -0.4 is 21.6 Å². The molecule has 0 rings (SSSR count). The fourth-order valence-corrected chi connectivity index (χ4v) is 1.24. The number of amides is 1. The monoisotopic (exact) mass is 262 g/mol. The molecule has 0 aliphatic rings. The van der Waals surface area contributed by atoms with Gasteiger partial charge in [-0.2, -0.15) is 0 Å². The van der Waals surface area contributed by atoms with E-state index < -0.39 is 21.6 Å². The summed E-state index contributed by atoms with van der Waals surface area (Å²) in [4.78, 5) is 19.9. The van der Waals surface area contributed by atoms with Gasteiger partial charge in [0.15, 0.2) is 0 Å². The second-order valence-corrected chi connectivity index (χ2v) is 3.35. The van der Waals surface area contributed by atoms with Crippen LogP contribution in [-0.4, -0.2) is 30.5 Å². The van der Waals surface area contributed by atoms with Gasteiger partial charge < -0.3 is 0 Å². The molecule has 0 unspecified atom stereocenters. The first-order valence-electron chi connectivity index (χ1n) is 2.36. The molecular weight excluding hydrogens is 253 g/mol. The Morgan fingerprint density at radius 2 is 1.80 bits per heavy atom. The first kappa shape index (κ1) is 10.1. The molecule has 0 bridgehead atoms. The van der Waals surface area contributed by atoms with Crippen LogP contribution in [0.5, 0.6) is 0 Å². The van der Waals surface area contributed by atoms with Gasteiger partial charge in [-0.3, -0.25) is 0 Å². The van der Waals surface area contributed by atoms with Crippen molar-refractivity contribution in [2.24, 2.45) is 0 Å². The molecule has 5 nitrogen and oxygen atoms in total. The Morgan fingerprint density at radius 3 is 2.10 bits per heavy atom. The van der Waals surface area contributed by atoms with Crippen LogP contribution >= 0.6 is 0 Å². The van der Waals surface area contributed by atoms with Crippen LogP contribution in [0.3, 0.4) is 0 Å².